The monoisotopic (exact) mass is 400 g/mol. The number of aromatic nitrogens is 1. The zero-order valence-corrected chi connectivity index (χ0v) is 16.7. The topological polar surface area (TPSA) is 68.4 Å². The minimum absolute atomic E-state index is 0.000316. The van der Waals surface area contributed by atoms with E-state index in [-0.39, 0.29) is 17.9 Å². The molecule has 2 amide bonds. The van der Waals surface area contributed by atoms with Gasteiger partial charge in [-0.05, 0) is 30.0 Å². The molecule has 3 aliphatic rings. The Morgan fingerprint density at radius 1 is 0.900 bits per heavy atom. The molecule has 1 aromatic heterocycles. The number of H-pyrrole nitrogens is 1. The molecule has 0 bridgehead atoms. The van der Waals surface area contributed by atoms with Crippen molar-refractivity contribution >= 4 is 22.7 Å². The van der Waals surface area contributed by atoms with Gasteiger partial charge < -0.3 is 15.2 Å². The van der Waals surface area contributed by atoms with E-state index >= 15 is 0 Å². The standard InChI is InChI=1S/C24H24N4O2/c29-23-19-14-17-16-10-4-5-11-18(16)25-20(17)21(15-8-2-1-3-9-15)28(19)24(30)22(26-23)27-12-6-7-13-27/h1-5,8-11,19,21-22,25H,6-7,12-14H2,(H,26,29)/t19-,21?,22?/m0/s1. The summed E-state index contributed by atoms with van der Waals surface area (Å²) in [6, 6.07) is 17.5. The maximum Gasteiger partial charge on any atom is 0.261 e. The van der Waals surface area contributed by atoms with Crippen molar-refractivity contribution < 1.29 is 9.59 Å². The van der Waals surface area contributed by atoms with Gasteiger partial charge in [-0.2, -0.15) is 0 Å². The van der Waals surface area contributed by atoms with Gasteiger partial charge in [-0.1, -0.05) is 48.5 Å². The summed E-state index contributed by atoms with van der Waals surface area (Å²) < 4.78 is 0. The number of benzene rings is 2. The maximum atomic E-state index is 13.8. The first-order valence-corrected chi connectivity index (χ1v) is 10.7. The summed E-state index contributed by atoms with van der Waals surface area (Å²) in [7, 11) is 0. The smallest absolute Gasteiger partial charge is 0.261 e. The van der Waals surface area contributed by atoms with Gasteiger partial charge in [0.15, 0.2) is 6.17 Å². The summed E-state index contributed by atoms with van der Waals surface area (Å²) in [6.45, 7) is 1.70. The molecule has 6 heteroatoms. The fourth-order valence-corrected chi connectivity index (χ4v) is 5.43. The molecule has 30 heavy (non-hydrogen) atoms. The van der Waals surface area contributed by atoms with E-state index in [2.05, 4.69) is 27.3 Å². The zero-order valence-electron chi connectivity index (χ0n) is 16.7. The number of carbonyl (C=O) groups excluding carboxylic acids is 2. The third-order valence-corrected chi connectivity index (χ3v) is 6.82. The maximum absolute atomic E-state index is 13.8. The molecule has 6 rings (SSSR count). The molecule has 0 aliphatic carbocycles. The fourth-order valence-electron chi connectivity index (χ4n) is 5.43. The first-order valence-electron chi connectivity index (χ1n) is 10.7. The van der Waals surface area contributed by atoms with E-state index in [1.165, 1.54) is 0 Å². The Bertz CT molecular complexity index is 1130. The molecule has 2 saturated heterocycles. The van der Waals surface area contributed by atoms with Crippen LogP contribution in [0, 0.1) is 0 Å². The summed E-state index contributed by atoms with van der Waals surface area (Å²) in [5.41, 5.74) is 4.25. The van der Waals surface area contributed by atoms with Crippen molar-refractivity contribution in [1.82, 2.24) is 20.1 Å². The number of fused-ring (bicyclic) bond motifs is 4. The van der Waals surface area contributed by atoms with Gasteiger partial charge in [0.1, 0.15) is 6.04 Å². The Hall–Kier alpha value is -3.12. The normalized spacial score (nSPS) is 26.5. The van der Waals surface area contributed by atoms with Crippen molar-refractivity contribution in [2.45, 2.75) is 37.5 Å². The van der Waals surface area contributed by atoms with Crippen molar-refractivity contribution in [2.75, 3.05) is 13.1 Å². The Balaban J connectivity index is 1.53. The van der Waals surface area contributed by atoms with Gasteiger partial charge in [0.05, 0.1) is 6.04 Å². The Morgan fingerprint density at radius 2 is 1.63 bits per heavy atom. The van der Waals surface area contributed by atoms with Gasteiger partial charge in [-0.25, -0.2) is 0 Å². The second-order valence-corrected chi connectivity index (χ2v) is 8.50. The fraction of sp³-hybridized carbons (Fsp3) is 0.333. The highest BCUT2D eigenvalue weighted by Gasteiger charge is 2.50. The van der Waals surface area contributed by atoms with Gasteiger partial charge in [0, 0.05) is 36.1 Å². The molecule has 4 heterocycles. The number of rotatable bonds is 2. The molecule has 3 aliphatic heterocycles. The molecule has 2 aromatic carbocycles. The van der Waals surface area contributed by atoms with Crippen molar-refractivity contribution in [2.24, 2.45) is 0 Å². The van der Waals surface area contributed by atoms with Crippen LogP contribution in [0.25, 0.3) is 10.9 Å². The quantitative estimate of drug-likeness (QED) is 0.695. The lowest BCUT2D eigenvalue weighted by molar-refractivity contribution is -0.157. The van der Waals surface area contributed by atoms with Crippen molar-refractivity contribution in [3.05, 3.63) is 71.4 Å². The van der Waals surface area contributed by atoms with Crippen LogP contribution in [0.3, 0.4) is 0 Å². The zero-order chi connectivity index (χ0) is 20.2. The van der Waals surface area contributed by atoms with Crippen LogP contribution in [0.15, 0.2) is 54.6 Å². The van der Waals surface area contributed by atoms with E-state index in [9.17, 15) is 9.59 Å². The van der Waals surface area contributed by atoms with Crippen LogP contribution < -0.4 is 5.32 Å². The number of nitrogens with one attached hydrogen (secondary N) is 2. The molecule has 2 N–H and O–H groups in total. The lowest BCUT2D eigenvalue weighted by Crippen LogP contribution is -2.69. The number of carbonyl (C=O) groups is 2. The van der Waals surface area contributed by atoms with Gasteiger partial charge in [0.25, 0.3) is 5.91 Å². The molecular weight excluding hydrogens is 376 g/mol. The van der Waals surface area contributed by atoms with Gasteiger partial charge in [-0.15, -0.1) is 0 Å². The molecule has 0 saturated carbocycles. The first-order chi connectivity index (χ1) is 14.7. The molecule has 2 unspecified atom stereocenters. The lowest BCUT2D eigenvalue weighted by Gasteiger charge is -2.47. The summed E-state index contributed by atoms with van der Waals surface area (Å²) >= 11 is 0. The molecule has 3 aromatic rings. The highest BCUT2D eigenvalue weighted by atomic mass is 16.2. The molecule has 3 atom stereocenters. The number of nitrogens with zero attached hydrogens (tertiary/aromatic N) is 2. The summed E-state index contributed by atoms with van der Waals surface area (Å²) in [6.07, 6.45) is 2.11. The van der Waals surface area contributed by atoms with Crippen LogP contribution in [0.2, 0.25) is 0 Å². The number of piperazine rings is 1. The minimum Gasteiger partial charge on any atom is -0.356 e. The van der Waals surface area contributed by atoms with E-state index in [0.29, 0.717) is 6.42 Å². The SMILES string of the molecule is O=C1NC(N2CCCC2)C(=O)N2C(c3ccccc3)c3[nH]c4ccccc4c3C[C@@H]12. The largest absolute Gasteiger partial charge is 0.356 e. The summed E-state index contributed by atoms with van der Waals surface area (Å²) in [4.78, 5) is 34.5. The summed E-state index contributed by atoms with van der Waals surface area (Å²) in [5, 5.41) is 4.17. The third-order valence-electron chi connectivity index (χ3n) is 6.82. The van der Waals surface area contributed by atoms with E-state index < -0.39 is 12.2 Å². The Morgan fingerprint density at radius 3 is 2.43 bits per heavy atom. The molecular formula is C24H24N4O2. The van der Waals surface area contributed by atoms with Crippen LogP contribution in [0.1, 0.15) is 35.7 Å². The van der Waals surface area contributed by atoms with Crippen LogP contribution in [0.5, 0.6) is 0 Å². The number of aromatic amines is 1. The van der Waals surface area contributed by atoms with E-state index in [4.69, 9.17) is 0 Å². The number of para-hydroxylation sites is 1. The van der Waals surface area contributed by atoms with E-state index in [1.807, 2.05) is 47.4 Å². The molecule has 2 fully saturated rings. The van der Waals surface area contributed by atoms with E-state index in [1.54, 1.807) is 0 Å². The predicted molar refractivity (Wildman–Crippen MR) is 114 cm³/mol. The number of likely N-dealkylation sites (tertiary alicyclic amines) is 1. The molecule has 152 valence electrons. The van der Waals surface area contributed by atoms with Crippen LogP contribution in [-0.2, 0) is 16.0 Å². The Kier molecular flexibility index (Phi) is 3.96. The van der Waals surface area contributed by atoms with Crippen molar-refractivity contribution in [3.63, 3.8) is 0 Å². The van der Waals surface area contributed by atoms with Crippen LogP contribution in [-0.4, -0.2) is 51.9 Å². The van der Waals surface area contributed by atoms with Crippen LogP contribution in [0.4, 0.5) is 0 Å². The minimum atomic E-state index is -0.562. The summed E-state index contributed by atoms with van der Waals surface area (Å²) in [5.74, 6) is -0.0528. The highest BCUT2D eigenvalue weighted by molar-refractivity contribution is 5.99. The van der Waals surface area contributed by atoms with Gasteiger partial charge in [0.2, 0.25) is 5.91 Å². The van der Waals surface area contributed by atoms with Crippen LogP contribution >= 0.6 is 0 Å². The van der Waals surface area contributed by atoms with Gasteiger partial charge in [-0.3, -0.25) is 14.5 Å². The van der Waals surface area contributed by atoms with Gasteiger partial charge >= 0.3 is 0 Å². The molecule has 0 radical (unpaired) electrons. The molecule has 0 spiro atoms. The first kappa shape index (κ1) is 17.7. The lowest BCUT2D eigenvalue weighted by atomic mass is 9.86. The second-order valence-electron chi connectivity index (χ2n) is 8.50. The second kappa shape index (κ2) is 6.71. The number of hydrogen-bond donors (Lipinski definition) is 2. The third kappa shape index (κ3) is 2.53. The molecule has 6 nitrogen and oxygen atoms in total. The average Bonchev–Trinajstić information content (AvgIpc) is 3.43. The number of amides is 2. The van der Waals surface area contributed by atoms with E-state index in [0.717, 1.165) is 53.7 Å². The van der Waals surface area contributed by atoms with Crippen molar-refractivity contribution in [1.29, 1.82) is 0 Å². The van der Waals surface area contributed by atoms with Crippen molar-refractivity contribution in [3.8, 4) is 0 Å². The highest BCUT2D eigenvalue weighted by Crippen LogP contribution is 2.42. The Labute approximate surface area is 174 Å². The number of hydrogen-bond acceptors (Lipinski definition) is 3. The predicted octanol–water partition coefficient (Wildman–Crippen LogP) is 2.56. The average molecular weight is 400 g/mol.